The number of halogens is 1. The van der Waals surface area contributed by atoms with Crippen LogP contribution in [0, 0.1) is 12.7 Å². The van der Waals surface area contributed by atoms with Crippen molar-refractivity contribution in [3.8, 4) is 17.4 Å². The molecule has 2 aromatic carbocycles. The molecule has 0 aliphatic rings. The number of hydrogen-bond donors (Lipinski definition) is 1. The molecule has 0 spiro atoms. The number of ether oxygens (including phenoxy) is 2. The highest BCUT2D eigenvalue weighted by atomic mass is 19.1. The van der Waals surface area contributed by atoms with Gasteiger partial charge >= 0.3 is 0 Å². The number of nitrogens with one attached hydrogen (secondary N) is 1. The van der Waals surface area contributed by atoms with Crippen LogP contribution in [0.1, 0.15) is 5.56 Å². The van der Waals surface area contributed by atoms with Crippen LogP contribution < -0.4 is 14.8 Å². The lowest BCUT2D eigenvalue weighted by atomic mass is 10.2. The molecule has 0 atom stereocenters. The zero-order chi connectivity index (χ0) is 18.4. The van der Waals surface area contributed by atoms with Gasteiger partial charge in [-0.2, -0.15) is 0 Å². The Bertz CT molecular complexity index is 883. The van der Waals surface area contributed by atoms with E-state index in [0.717, 1.165) is 0 Å². The normalized spacial score (nSPS) is 10.2. The van der Waals surface area contributed by atoms with Crippen molar-refractivity contribution in [2.75, 3.05) is 11.9 Å². The second-order valence-corrected chi connectivity index (χ2v) is 5.55. The molecular formula is C20H17FN2O3. The maximum Gasteiger partial charge on any atom is 0.262 e. The van der Waals surface area contributed by atoms with Crippen molar-refractivity contribution in [2.24, 2.45) is 0 Å². The smallest absolute Gasteiger partial charge is 0.262 e. The fourth-order valence-electron chi connectivity index (χ4n) is 2.18. The van der Waals surface area contributed by atoms with Crippen molar-refractivity contribution in [1.82, 2.24) is 4.98 Å². The number of benzene rings is 2. The Morgan fingerprint density at radius 2 is 1.88 bits per heavy atom. The van der Waals surface area contributed by atoms with Crippen LogP contribution in [0.25, 0.3) is 0 Å². The summed E-state index contributed by atoms with van der Waals surface area (Å²) in [7, 11) is 0. The summed E-state index contributed by atoms with van der Waals surface area (Å²) in [6, 6.07) is 16.8. The highest BCUT2D eigenvalue weighted by molar-refractivity contribution is 5.91. The number of aryl methyl sites for hydroxylation is 1. The molecule has 0 aliphatic heterocycles. The second-order valence-electron chi connectivity index (χ2n) is 5.55. The average molecular weight is 352 g/mol. The van der Waals surface area contributed by atoms with E-state index in [2.05, 4.69) is 10.3 Å². The Balaban J connectivity index is 1.53. The minimum Gasteiger partial charge on any atom is -0.484 e. The summed E-state index contributed by atoms with van der Waals surface area (Å²) in [5.41, 5.74) is 1.01. The predicted molar refractivity (Wildman–Crippen MR) is 96.0 cm³/mol. The van der Waals surface area contributed by atoms with E-state index < -0.39 is 0 Å². The van der Waals surface area contributed by atoms with E-state index in [-0.39, 0.29) is 18.3 Å². The van der Waals surface area contributed by atoms with Crippen LogP contribution in [0.15, 0.2) is 66.9 Å². The van der Waals surface area contributed by atoms with E-state index in [4.69, 9.17) is 9.47 Å². The van der Waals surface area contributed by atoms with Crippen molar-refractivity contribution < 1.29 is 18.7 Å². The molecule has 1 heterocycles. The number of anilines is 1. The molecule has 5 nitrogen and oxygen atoms in total. The van der Waals surface area contributed by atoms with Crippen LogP contribution in [0.4, 0.5) is 10.1 Å². The van der Waals surface area contributed by atoms with Gasteiger partial charge in [-0.1, -0.05) is 18.2 Å². The SMILES string of the molecule is Cc1cc(Oc2ccc(NC(=O)COc3ccccc3)cn2)ccc1F. The van der Waals surface area contributed by atoms with Crippen LogP contribution in [-0.2, 0) is 4.79 Å². The lowest BCUT2D eigenvalue weighted by Crippen LogP contribution is -2.20. The third-order valence-electron chi connectivity index (χ3n) is 3.49. The van der Waals surface area contributed by atoms with Gasteiger partial charge in [0, 0.05) is 6.07 Å². The Morgan fingerprint density at radius 1 is 1.08 bits per heavy atom. The standard InChI is InChI=1S/C20H17FN2O3/c1-14-11-17(8-9-18(14)21)26-20-10-7-15(12-22-20)23-19(24)13-25-16-5-3-2-4-6-16/h2-12H,13H2,1H3,(H,23,24). The summed E-state index contributed by atoms with van der Waals surface area (Å²) in [5, 5.41) is 2.69. The third kappa shape index (κ3) is 4.80. The van der Waals surface area contributed by atoms with E-state index in [9.17, 15) is 9.18 Å². The Hall–Kier alpha value is -3.41. The molecule has 0 unspecified atom stereocenters. The highest BCUT2D eigenvalue weighted by Gasteiger charge is 2.06. The molecule has 1 amide bonds. The van der Waals surface area contributed by atoms with Gasteiger partial charge in [-0.25, -0.2) is 9.37 Å². The van der Waals surface area contributed by atoms with Gasteiger partial charge in [0.1, 0.15) is 17.3 Å². The van der Waals surface area contributed by atoms with Crippen molar-refractivity contribution in [2.45, 2.75) is 6.92 Å². The molecule has 0 saturated carbocycles. The molecule has 1 aromatic heterocycles. The van der Waals surface area contributed by atoms with Gasteiger partial charge in [0.2, 0.25) is 5.88 Å². The number of carbonyl (C=O) groups is 1. The molecule has 6 heteroatoms. The molecule has 26 heavy (non-hydrogen) atoms. The number of amides is 1. The first-order chi connectivity index (χ1) is 12.6. The maximum absolute atomic E-state index is 13.3. The first kappa shape index (κ1) is 17.4. The molecule has 132 valence electrons. The minimum atomic E-state index is -0.293. The molecule has 0 bridgehead atoms. The Morgan fingerprint density at radius 3 is 2.58 bits per heavy atom. The average Bonchev–Trinajstić information content (AvgIpc) is 2.65. The summed E-state index contributed by atoms with van der Waals surface area (Å²) in [5.74, 6) is 0.873. The summed E-state index contributed by atoms with van der Waals surface area (Å²) in [6.45, 7) is 1.56. The van der Waals surface area contributed by atoms with Gasteiger partial charge in [0.25, 0.3) is 5.91 Å². The molecule has 0 saturated heterocycles. The summed E-state index contributed by atoms with van der Waals surface area (Å²) >= 11 is 0. The summed E-state index contributed by atoms with van der Waals surface area (Å²) < 4.78 is 24.2. The second kappa shape index (κ2) is 8.11. The van der Waals surface area contributed by atoms with E-state index in [1.807, 2.05) is 18.2 Å². The van der Waals surface area contributed by atoms with Gasteiger partial charge in [-0.05, 0) is 48.9 Å². The van der Waals surface area contributed by atoms with Gasteiger partial charge < -0.3 is 14.8 Å². The van der Waals surface area contributed by atoms with E-state index >= 15 is 0 Å². The van der Waals surface area contributed by atoms with E-state index in [1.165, 1.54) is 18.3 Å². The summed E-state index contributed by atoms with van der Waals surface area (Å²) in [4.78, 5) is 16.0. The first-order valence-corrected chi connectivity index (χ1v) is 7.98. The molecule has 0 fully saturated rings. The van der Waals surface area contributed by atoms with Crippen molar-refractivity contribution in [3.63, 3.8) is 0 Å². The third-order valence-corrected chi connectivity index (χ3v) is 3.49. The maximum atomic E-state index is 13.3. The van der Waals surface area contributed by atoms with Crippen LogP contribution >= 0.6 is 0 Å². The van der Waals surface area contributed by atoms with Gasteiger partial charge in [0.15, 0.2) is 6.61 Å². The number of pyridine rings is 1. The van der Waals surface area contributed by atoms with Gasteiger partial charge in [-0.3, -0.25) is 4.79 Å². The number of carbonyl (C=O) groups excluding carboxylic acids is 1. The number of rotatable bonds is 6. The molecule has 0 radical (unpaired) electrons. The van der Waals surface area contributed by atoms with Crippen molar-refractivity contribution in [3.05, 3.63) is 78.2 Å². The fraction of sp³-hybridized carbons (Fsp3) is 0.100. The van der Waals surface area contributed by atoms with E-state index in [1.54, 1.807) is 37.3 Å². The van der Waals surface area contributed by atoms with E-state index in [0.29, 0.717) is 28.6 Å². The zero-order valence-electron chi connectivity index (χ0n) is 14.1. The topological polar surface area (TPSA) is 60.5 Å². The highest BCUT2D eigenvalue weighted by Crippen LogP contribution is 2.22. The van der Waals surface area contributed by atoms with Gasteiger partial charge in [-0.15, -0.1) is 0 Å². The zero-order valence-corrected chi connectivity index (χ0v) is 14.1. The summed E-state index contributed by atoms with van der Waals surface area (Å²) in [6.07, 6.45) is 1.48. The van der Waals surface area contributed by atoms with Crippen LogP contribution in [0.5, 0.6) is 17.4 Å². The lowest BCUT2D eigenvalue weighted by molar-refractivity contribution is -0.118. The van der Waals surface area contributed by atoms with Crippen LogP contribution in [0.3, 0.4) is 0 Å². The van der Waals surface area contributed by atoms with Crippen molar-refractivity contribution in [1.29, 1.82) is 0 Å². The molecule has 3 rings (SSSR count). The van der Waals surface area contributed by atoms with Crippen LogP contribution in [0.2, 0.25) is 0 Å². The van der Waals surface area contributed by atoms with Crippen molar-refractivity contribution >= 4 is 11.6 Å². The Kier molecular flexibility index (Phi) is 5.43. The fourth-order valence-corrected chi connectivity index (χ4v) is 2.18. The predicted octanol–water partition coefficient (Wildman–Crippen LogP) is 4.34. The molecule has 3 aromatic rings. The number of para-hydroxylation sites is 1. The quantitative estimate of drug-likeness (QED) is 0.717. The monoisotopic (exact) mass is 352 g/mol. The number of nitrogens with zero attached hydrogens (tertiary/aromatic N) is 1. The molecule has 0 aliphatic carbocycles. The Labute approximate surface area is 150 Å². The largest absolute Gasteiger partial charge is 0.484 e. The molecule has 1 N–H and O–H groups in total. The van der Waals surface area contributed by atoms with Crippen LogP contribution in [-0.4, -0.2) is 17.5 Å². The molecular weight excluding hydrogens is 335 g/mol. The lowest BCUT2D eigenvalue weighted by Gasteiger charge is -2.09. The number of aromatic nitrogens is 1. The first-order valence-electron chi connectivity index (χ1n) is 7.98. The van der Waals surface area contributed by atoms with Gasteiger partial charge in [0.05, 0.1) is 11.9 Å². The number of hydrogen-bond acceptors (Lipinski definition) is 4. The minimum absolute atomic E-state index is 0.100.